The van der Waals surface area contributed by atoms with Gasteiger partial charge in [-0.25, -0.2) is 0 Å². The Kier molecular flexibility index (Phi) is 3.31. The molecule has 0 aliphatic carbocycles. The molecule has 0 spiro atoms. The van der Waals surface area contributed by atoms with Crippen LogP contribution in [0.2, 0.25) is 0 Å². The third kappa shape index (κ3) is 2.33. The van der Waals surface area contributed by atoms with E-state index < -0.39 is 0 Å². The molecule has 0 unspecified atom stereocenters. The van der Waals surface area contributed by atoms with Gasteiger partial charge in [-0.15, -0.1) is 6.42 Å². The van der Waals surface area contributed by atoms with Crippen molar-refractivity contribution in [1.29, 1.82) is 0 Å². The van der Waals surface area contributed by atoms with Crippen molar-refractivity contribution < 1.29 is 9.90 Å². The Hall–Kier alpha value is -2.73. The maximum Gasteiger partial charge on any atom is 0.255 e. The Bertz CT molecular complexity index is 612. The van der Waals surface area contributed by atoms with Crippen LogP contribution in [0, 0.1) is 12.3 Å². The Morgan fingerprint density at radius 3 is 2.50 bits per heavy atom. The van der Waals surface area contributed by atoms with E-state index in [4.69, 9.17) is 6.42 Å². The van der Waals surface area contributed by atoms with Gasteiger partial charge in [0.05, 0.1) is 11.3 Å². The van der Waals surface area contributed by atoms with Crippen LogP contribution in [0.1, 0.15) is 15.9 Å². The molecule has 0 bridgehead atoms. The van der Waals surface area contributed by atoms with Gasteiger partial charge in [-0.1, -0.05) is 30.2 Å². The number of phenols is 1. The maximum atomic E-state index is 11.9. The number of carbonyl (C=O) groups is 1. The molecule has 2 rings (SSSR count). The number of aromatic hydroxyl groups is 1. The zero-order chi connectivity index (χ0) is 13.0. The van der Waals surface area contributed by atoms with E-state index >= 15 is 0 Å². The summed E-state index contributed by atoms with van der Waals surface area (Å²) >= 11 is 0. The van der Waals surface area contributed by atoms with Crippen molar-refractivity contribution in [3.05, 3.63) is 59.7 Å². The fourth-order valence-corrected chi connectivity index (χ4v) is 1.54. The van der Waals surface area contributed by atoms with Crippen molar-refractivity contribution in [2.45, 2.75) is 0 Å². The third-order valence-electron chi connectivity index (χ3n) is 2.48. The number of para-hydroxylation sites is 1. The van der Waals surface area contributed by atoms with Crippen LogP contribution in [0.3, 0.4) is 0 Å². The first kappa shape index (κ1) is 11.7. The van der Waals surface area contributed by atoms with Gasteiger partial charge in [-0.05, 0) is 24.3 Å². The first-order valence-corrected chi connectivity index (χ1v) is 5.37. The van der Waals surface area contributed by atoms with E-state index in [1.54, 1.807) is 42.5 Å². The Labute approximate surface area is 105 Å². The third-order valence-corrected chi connectivity index (χ3v) is 2.48. The molecule has 0 fully saturated rings. The number of terminal acetylenes is 1. The molecular formula is C15H11NO2. The number of phenolic OH excluding ortho intramolecular Hbond substituents is 1. The normalized spacial score (nSPS) is 9.50. The van der Waals surface area contributed by atoms with E-state index in [9.17, 15) is 9.90 Å². The number of amides is 1. The highest BCUT2D eigenvalue weighted by Crippen LogP contribution is 2.27. The van der Waals surface area contributed by atoms with Crippen LogP contribution in [0.5, 0.6) is 5.75 Å². The molecule has 0 aromatic heterocycles. The quantitative estimate of drug-likeness (QED) is 0.623. The predicted molar refractivity (Wildman–Crippen MR) is 70.4 cm³/mol. The lowest BCUT2D eigenvalue weighted by Gasteiger charge is -2.08. The predicted octanol–water partition coefficient (Wildman–Crippen LogP) is 2.63. The van der Waals surface area contributed by atoms with Gasteiger partial charge < -0.3 is 10.4 Å². The molecule has 18 heavy (non-hydrogen) atoms. The summed E-state index contributed by atoms with van der Waals surface area (Å²) in [5.41, 5.74) is 1.17. The summed E-state index contributed by atoms with van der Waals surface area (Å²) in [7, 11) is 0. The Balaban J connectivity index is 2.26. The SMILES string of the molecule is C#Cc1cccc(NC(=O)c2ccccc2)c1O. The van der Waals surface area contributed by atoms with Gasteiger partial charge in [0, 0.05) is 5.56 Å². The molecule has 3 nitrogen and oxygen atoms in total. The number of nitrogens with one attached hydrogen (secondary N) is 1. The molecule has 2 aromatic rings. The molecule has 0 atom stereocenters. The highest BCUT2D eigenvalue weighted by molar-refractivity contribution is 6.05. The van der Waals surface area contributed by atoms with Gasteiger partial charge in [0.15, 0.2) is 5.75 Å². The smallest absolute Gasteiger partial charge is 0.255 e. The molecule has 1 amide bonds. The lowest BCUT2D eigenvalue weighted by atomic mass is 10.1. The first-order valence-electron chi connectivity index (χ1n) is 5.37. The summed E-state index contributed by atoms with van der Waals surface area (Å²) in [6.07, 6.45) is 5.24. The average molecular weight is 237 g/mol. The molecule has 0 radical (unpaired) electrons. The minimum atomic E-state index is -0.292. The standard InChI is InChI=1S/C15H11NO2/c1-2-11-9-6-10-13(14(11)17)16-15(18)12-7-4-3-5-8-12/h1,3-10,17H,(H,16,18). The summed E-state index contributed by atoms with van der Waals surface area (Å²) in [5.74, 6) is 1.96. The minimum Gasteiger partial charge on any atom is -0.505 e. The van der Waals surface area contributed by atoms with Crippen LogP contribution in [-0.2, 0) is 0 Å². The fourth-order valence-electron chi connectivity index (χ4n) is 1.54. The van der Waals surface area contributed by atoms with E-state index in [0.717, 1.165) is 0 Å². The zero-order valence-corrected chi connectivity index (χ0v) is 9.55. The van der Waals surface area contributed by atoms with E-state index in [2.05, 4.69) is 11.2 Å². The lowest BCUT2D eigenvalue weighted by Crippen LogP contribution is -2.11. The van der Waals surface area contributed by atoms with Crippen molar-refractivity contribution in [2.24, 2.45) is 0 Å². The van der Waals surface area contributed by atoms with Gasteiger partial charge in [0.1, 0.15) is 0 Å². The number of carbonyl (C=O) groups excluding carboxylic acids is 1. The highest BCUT2D eigenvalue weighted by atomic mass is 16.3. The zero-order valence-electron chi connectivity index (χ0n) is 9.55. The second-order valence-corrected chi connectivity index (χ2v) is 3.67. The summed E-state index contributed by atoms with van der Waals surface area (Å²) in [5, 5.41) is 12.4. The molecule has 0 saturated heterocycles. The largest absolute Gasteiger partial charge is 0.505 e. The molecule has 0 aliphatic rings. The number of benzene rings is 2. The van der Waals surface area contributed by atoms with Crippen LogP contribution in [-0.4, -0.2) is 11.0 Å². The number of anilines is 1. The molecule has 2 N–H and O–H groups in total. The van der Waals surface area contributed by atoms with E-state index in [-0.39, 0.29) is 11.7 Å². The molecule has 3 heteroatoms. The van der Waals surface area contributed by atoms with Gasteiger partial charge in [-0.2, -0.15) is 0 Å². The number of hydrogen-bond acceptors (Lipinski definition) is 2. The van der Waals surface area contributed by atoms with Crippen molar-refractivity contribution in [3.8, 4) is 18.1 Å². The topological polar surface area (TPSA) is 49.3 Å². The Morgan fingerprint density at radius 2 is 1.83 bits per heavy atom. The van der Waals surface area contributed by atoms with Gasteiger partial charge >= 0.3 is 0 Å². The highest BCUT2D eigenvalue weighted by Gasteiger charge is 2.10. The van der Waals surface area contributed by atoms with E-state index in [1.807, 2.05) is 6.07 Å². The van der Waals surface area contributed by atoms with Crippen LogP contribution >= 0.6 is 0 Å². The van der Waals surface area contributed by atoms with Crippen LogP contribution in [0.25, 0.3) is 0 Å². The summed E-state index contributed by atoms with van der Waals surface area (Å²) in [6.45, 7) is 0. The summed E-state index contributed by atoms with van der Waals surface area (Å²) in [4.78, 5) is 11.9. The average Bonchev–Trinajstić information content (AvgIpc) is 2.42. The van der Waals surface area contributed by atoms with Crippen LogP contribution in [0.15, 0.2) is 48.5 Å². The first-order chi connectivity index (χ1) is 8.72. The number of rotatable bonds is 2. The molecule has 0 saturated carbocycles. The summed E-state index contributed by atoms with van der Waals surface area (Å²) in [6, 6.07) is 13.6. The minimum absolute atomic E-state index is 0.0933. The molecule has 0 aliphatic heterocycles. The van der Waals surface area contributed by atoms with E-state index in [0.29, 0.717) is 16.8 Å². The Morgan fingerprint density at radius 1 is 1.11 bits per heavy atom. The molecule has 88 valence electrons. The summed E-state index contributed by atoms with van der Waals surface area (Å²) < 4.78 is 0. The molecule has 0 heterocycles. The van der Waals surface area contributed by atoms with Crippen molar-refractivity contribution in [2.75, 3.05) is 5.32 Å². The second-order valence-electron chi connectivity index (χ2n) is 3.67. The monoisotopic (exact) mass is 237 g/mol. The van der Waals surface area contributed by atoms with Crippen molar-refractivity contribution in [3.63, 3.8) is 0 Å². The van der Waals surface area contributed by atoms with Gasteiger partial charge in [-0.3, -0.25) is 4.79 Å². The molecular weight excluding hydrogens is 226 g/mol. The van der Waals surface area contributed by atoms with Crippen molar-refractivity contribution in [1.82, 2.24) is 0 Å². The van der Waals surface area contributed by atoms with Gasteiger partial charge in [0.2, 0.25) is 0 Å². The fraction of sp³-hybridized carbons (Fsp3) is 0. The number of hydrogen-bond donors (Lipinski definition) is 2. The molecule has 2 aromatic carbocycles. The lowest BCUT2D eigenvalue weighted by molar-refractivity contribution is 0.102. The van der Waals surface area contributed by atoms with Crippen LogP contribution < -0.4 is 5.32 Å². The second kappa shape index (κ2) is 5.07. The van der Waals surface area contributed by atoms with E-state index in [1.165, 1.54) is 0 Å². The maximum absolute atomic E-state index is 11.9. The van der Waals surface area contributed by atoms with Crippen LogP contribution in [0.4, 0.5) is 5.69 Å². The van der Waals surface area contributed by atoms with Crippen molar-refractivity contribution >= 4 is 11.6 Å². The van der Waals surface area contributed by atoms with Gasteiger partial charge in [0.25, 0.3) is 5.91 Å².